The van der Waals surface area contributed by atoms with Crippen molar-refractivity contribution in [1.82, 2.24) is 20.5 Å². The van der Waals surface area contributed by atoms with Crippen LogP contribution >= 0.6 is 11.3 Å². The summed E-state index contributed by atoms with van der Waals surface area (Å²) in [6.07, 6.45) is -7.93. The molecule has 2 aromatic carbocycles. The molecule has 9 nitrogen and oxygen atoms in total. The van der Waals surface area contributed by atoms with Crippen LogP contribution in [0.25, 0.3) is 22.6 Å². The number of hydrogen-bond donors (Lipinski definition) is 4. The topological polar surface area (TPSA) is 124 Å². The molecule has 0 saturated carbocycles. The van der Waals surface area contributed by atoms with Crippen molar-refractivity contribution in [2.24, 2.45) is 0 Å². The number of alkyl halides is 6. The van der Waals surface area contributed by atoms with Crippen molar-refractivity contribution in [3.63, 3.8) is 0 Å². The highest BCUT2D eigenvalue weighted by atomic mass is 32.1. The summed E-state index contributed by atoms with van der Waals surface area (Å²) in [5, 5.41) is 31.4. The number of thiazole rings is 1. The number of fused-ring (bicyclic) bond motifs is 1. The Morgan fingerprint density at radius 1 is 1.13 bits per heavy atom. The van der Waals surface area contributed by atoms with E-state index < -0.39 is 58.7 Å². The van der Waals surface area contributed by atoms with Crippen LogP contribution in [0.5, 0.6) is 5.88 Å². The molecule has 4 N–H and O–H groups in total. The highest BCUT2D eigenvalue weighted by Gasteiger charge is 2.39. The van der Waals surface area contributed by atoms with E-state index in [0.717, 1.165) is 23.5 Å². The van der Waals surface area contributed by atoms with Gasteiger partial charge >= 0.3 is 18.4 Å². The molecule has 0 aliphatic carbocycles. The summed E-state index contributed by atoms with van der Waals surface area (Å²) in [5.41, 5.74) is -3.27. The van der Waals surface area contributed by atoms with E-state index in [0.29, 0.717) is 29.0 Å². The van der Waals surface area contributed by atoms with Crippen LogP contribution in [0.4, 0.5) is 36.3 Å². The lowest BCUT2D eigenvalue weighted by Crippen LogP contribution is -2.40. The molecule has 1 aliphatic heterocycles. The maximum atomic E-state index is 14.1. The monoisotopic (exact) mass is 669 g/mol. The van der Waals surface area contributed by atoms with E-state index in [1.54, 1.807) is 43.9 Å². The number of rotatable bonds is 6. The minimum Gasteiger partial charge on any atom is -0.492 e. The van der Waals surface area contributed by atoms with Gasteiger partial charge in [-0.05, 0) is 68.7 Å². The third-order valence-corrected chi connectivity index (χ3v) is 8.29. The lowest BCUT2D eigenvalue weighted by molar-refractivity contribution is -0.143. The predicted octanol–water partition coefficient (Wildman–Crippen LogP) is 6.82. The fraction of sp³-hybridized carbons (Fsp3) is 0.367. The van der Waals surface area contributed by atoms with Crippen molar-refractivity contribution in [3.8, 4) is 5.88 Å². The van der Waals surface area contributed by atoms with Crippen LogP contribution in [-0.4, -0.2) is 62.3 Å². The number of alkyl carbamates (subject to hydrolysis) is 1. The molecule has 1 saturated heterocycles. The number of aromatic hydroxyl groups is 1. The van der Waals surface area contributed by atoms with Gasteiger partial charge in [0, 0.05) is 17.5 Å². The number of aliphatic hydroxyl groups excluding tert-OH is 1. The molecular weight excluding hydrogens is 640 g/mol. The minimum absolute atomic E-state index is 0.0334. The summed E-state index contributed by atoms with van der Waals surface area (Å²) in [4.78, 5) is 18.3. The van der Waals surface area contributed by atoms with Gasteiger partial charge in [0.1, 0.15) is 10.5 Å². The standard InChI is InChI=1S/C30H29F6N5O4S/c1-28(2,3)45-27(44)38-19-11-20(14-42)41(13-19)26-39-25(43)24(46-26)21(15-5-7-23-17(8-15)12-37-40-23)9-16-4-6-18(29(31,32)33)10-22(16)30(34,35)36/h4-10,12,19-20,42-43H,11,13-14H2,1-3H3,(H,37,40)(H,38,44)/t19-,20-/m1/s1. The van der Waals surface area contributed by atoms with Crippen molar-refractivity contribution in [2.75, 3.05) is 18.1 Å². The number of aromatic amines is 1. The number of aliphatic hydroxyl groups is 1. The van der Waals surface area contributed by atoms with Crippen LogP contribution in [0.3, 0.4) is 0 Å². The molecule has 0 unspecified atom stereocenters. The minimum atomic E-state index is -5.13. The van der Waals surface area contributed by atoms with Crippen LogP contribution in [0.1, 0.15) is 54.3 Å². The highest BCUT2D eigenvalue weighted by molar-refractivity contribution is 7.17. The molecule has 2 atom stereocenters. The Hall–Kier alpha value is -4.31. The van der Waals surface area contributed by atoms with Crippen LogP contribution in [0.2, 0.25) is 0 Å². The SMILES string of the molecule is CC(C)(C)OC(=O)N[C@@H]1C[C@H](CO)N(c2nc(O)c(C(=Cc3ccc(C(F)(F)F)cc3C(F)(F)F)c3ccc4[nH]ncc4c3)s2)C1. The van der Waals surface area contributed by atoms with Gasteiger partial charge in [0.25, 0.3) is 0 Å². The van der Waals surface area contributed by atoms with Gasteiger partial charge < -0.3 is 25.2 Å². The molecule has 46 heavy (non-hydrogen) atoms. The first-order valence-electron chi connectivity index (χ1n) is 13.9. The van der Waals surface area contributed by atoms with Crippen LogP contribution < -0.4 is 10.2 Å². The van der Waals surface area contributed by atoms with Crippen molar-refractivity contribution < 1.29 is 46.1 Å². The Bertz CT molecular complexity index is 1780. The number of ether oxygens (including phenoxy) is 1. The second-order valence-corrected chi connectivity index (χ2v) is 12.7. The Morgan fingerprint density at radius 2 is 1.87 bits per heavy atom. The van der Waals surface area contributed by atoms with E-state index >= 15 is 0 Å². The van der Waals surface area contributed by atoms with Gasteiger partial charge in [0.2, 0.25) is 5.88 Å². The number of carbonyl (C=O) groups is 1. The maximum Gasteiger partial charge on any atom is 0.417 e. The van der Waals surface area contributed by atoms with Gasteiger partial charge in [0.15, 0.2) is 5.13 Å². The predicted molar refractivity (Wildman–Crippen MR) is 159 cm³/mol. The quantitative estimate of drug-likeness (QED) is 0.131. The van der Waals surface area contributed by atoms with Gasteiger partial charge in [-0.25, -0.2) is 4.79 Å². The first kappa shape index (κ1) is 33.1. The molecule has 1 fully saturated rings. The van der Waals surface area contributed by atoms with E-state index in [1.165, 1.54) is 6.20 Å². The zero-order valence-electron chi connectivity index (χ0n) is 24.6. The first-order valence-corrected chi connectivity index (χ1v) is 14.8. The van der Waals surface area contributed by atoms with Gasteiger partial charge in [0.05, 0.1) is 41.5 Å². The largest absolute Gasteiger partial charge is 0.492 e. The van der Waals surface area contributed by atoms with E-state index in [9.17, 15) is 41.4 Å². The average Bonchev–Trinajstić information content (AvgIpc) is 3.67. The van der Waals surface area contributed by atoms with Gasteiger partial charge in [-0.15, -0.1) is 0 Å². The highest BCUT2D eigenvalue weighted by Crippen LogP contribution is 2.44. The third kappa shape index (κ3) is 7.22. The second-order valence-electron chi connectivity index (χ2n) is 11.7. The van der Waals surface area contributed by atoms with Gasteiger partial charge in [-0.2, -0.15) is 36.4 Å². The third-order valence-electron chi connectivity index (χ3n) is 7.17. The number of benzene rings is 2. The summed E-state index contributed by atoms with van der Waals surface area (Å²) in [7, 11) is 0. The van der Waals surface area contributed by atoms with Crippen molar-refractivity contribution in [2.45, 2.75) is 57.2 Å². The number of amides is 1. The number of nitrogens with one attached hydrogen (secondary N) is 2. The summed E-state index contributed by atoms with van der Waals surface area (Å²) >= 11 is 0.914. The Morgan fingerprint density at radius 3 is 2.52 bits per heavy atom. The molecule has 16 heteroatoms. The van der Waals surface area contributed by atoms with E-state index in [1.807, 2.05) is 0 Å². The summed E-state index contributed by atoms with van der Waals surface area (Å²) in [6, 6.07) is 5.15. The lowest BCUT2D eigenvalue weighted by atomic mass is 9.96. The number of H-pyrrole nitrogens is 1. The fourth-order valence-corrected chi connectivity index (χ4v) is 6.23. The van der Waals surface area contributed by atoms with Crippen LogP contribution in [-0.2, 0) is 17.1 Å². The molecular formula is C30H29F6N5O4S. The van der Waals surface area contributed by atoms with Crippen molar-refractivity contribution >= 4 is 45.1 Å². The van der Waals surface area contributed by atoms with Crippen molar-refractivity contribution in [3.05, 3.63) is 69.7 Å². The number of anilines is 1. The fourth-order valence-electron chi connectivity index (χ4n) is 5.15. The Labute approximate surface area is 262 Å². The van der Waals surface area contributed by atoms with E-state index in [4.69, 9.17) is 4.74 Å². The maximum absolute atomic E-state index is 14.1. The Balaban J connectivity index is 1.58. The molecule has 0 bridgehead atoms. The van der Waals surface area contributed by atoms with E-state index in [-0.39, 0.29) is 34.8 Å². The summed E-state index contributed by atoms with van der Waals surface area (Å²) in [6.45, 7) is 4.97. The average molecular weight is 670 g/mol. The van der Waals surface area contributed by atoms with Gasteiger partial charge in [-0.3, -0.25) is 5.10 Å². The molecule has 1 amide bonds. The molecule has 1 aliphatic rings. The molecule has 4 aromatic rings. The smallest absolute Gasteiger partial charge is 0.417 e. The molecule has 5 rings (SSSR count). The zero-order chi connectivity index (χ0) is 33.6. The van der Waals surface area contributed by atoms with E-state index in [2.05, 4.69) is 20.5 Å². The van der Waals surface area contributed by atoms with Crippen molar-refractivity contribution in [1.29, 1.82) is 0 Å². The van der Waals surface area contributed by atoms with Gasteiger partial charge in [-0.1, -0.05) is 23.5 Å². The molecule has 246 valence electrons. The number of halogens is 6. The normalized spacial score (nSPS) is 18.0. The number of hydrogen-bond acceptors (Lipinski definition) is 8. The number of aromatic nitrogens is 3. The second kappa shape index (κ2) is 12.1. The lowest BCUT2D eigenvalue weighted by Gasteiger charge is -2.22. The number of nitrogens with zero attached hydrogens (tertiary/aromatic N) is 3. The van der Waals surface area contributed by atoms with Crippen LogP contribution in [0, 0.1) is 0 Å². The molecule has 0 radical (unpaired) electrons. The molecule has 3 heterocycles. The number of carbonyl (C=O) groups excluding carboxylic acids is 1. The molecule has 0 spiro atoms. The Kier molecular flexibility index (Phi) is 8.72. The zero-order valence-corrected chi connectivity index (χ0v) is 25.4. The molecule has 2 aromatic heterocycles. The summed E-state index contributed by atoms with van der Waals surface area (Å²) in [5.74, 6) is -0.542. The first-order chi connectivity index (χ1) is 21.4. The summed E-state index contributed by atoms with van der Waals surface area (Å²) < 4.78 is 87.6. The van der Waals surface area contributed by atoms with Crippen LogP contribution in [0.15, 0.2) is 42.6 Å².